The van der Waals surface area contributed by atoms with Crippen molar-refractivity contribution in [2.24, 2.45) is 0 Å². The van der Waals surface area contributed by atoms with Crippen LogP contribution in [-0.4, -0.2) is 27.5 Å². The summed E-state index contributed by atoms with van der Waals surface area (Å²) in [5, 5.41) is 2.66. The zero-order valence-corrected chi connectivity index (χ0v) is 18.2. The SMILES string of the molecule is CCN(c1ccccc1)S(=O)(=O)c1ccc(Cl)c(NC(=O)COc2ccccc2F)c1. The van der Waals surface area contributed by atoms with Gasteiger partial charge in [0.05, 0.1) is 21.3 Å². The fraction of sp³-hybridized carbons (Fsp3) is 0.136. The summed E-state index contributed by atoms with van der Waals surface area (Å²) >= 11 is 6.14. The van der Waals surface area contributed by atoms with Gasteiger partial charge < -0.3 is 10.1 Å². The number of hydrogen-bond donors (Lipinski definition) is 1. The summed E-state index contributed by atoms with van der Waals surface area (Å²) < 4.78 is 46.4. The zero-order chi connectivity index (χ0) is 22.4. The fourth-order valence-electron chi connectivity index (χ4n) is 2.86. The second kappa shape index (κ2) is 9.80. The van der Waals surface area contributed by atoms with Gasteiger partial charge in [-0.1, -0.05) is 41.9 Å². The molecule has 3 aromatic carbocycles. The Morgan fingerprint density at radius 3 is 2.42 bits per heavy atom. The van der Waals surface area contributed by atoms with Gasteiger partial charge in [0.25, 0.3) is 15.9 Å². The molecule has 0 atom stereocenters. The maximum Gasteiger partial charge on any atom is 0.264 e. The highest BCUT2D eigenvalue weighted by atomic mass is 35.5. The Kier molecular flexibility index (Phi) is 7.14. The van der Waals surface area contributed by atoms with Crippen LogP contribution in [0.15, 0.2) is 77.7 Å². The third-order valence-electron chi connectivity index (χ3n) is 4.33. The molecular weight excluding hydrogens is 443 g/mol. The maximum atomic E-state index is 13.6. The standard InChI is InChI=1S/C22H20ClFN2O4S/c1-2-26(16-8-4-3-5-9-16)31(28,29)17-12-13-18(23)20(14-17)25-22(27)15-30-21-11-7-6-10-19(21)24/h3-14H,2,15H2,1H3,(H,25,27). The molecule has 0 saturated carbocycles. The predicted molar refractivity (Wildman–Crippen MR) is 119 cm³/mol. The van der Waals surface area contributed by atoms with E-state index in [9.17, 15) is 17.6 Å². The van der Waals surface area contributed by atoms with Crippen LogP contribution in [0.3, 0.4) is 0 Å². The first-order valence-electron chi connectivity index (χ1n) is 9.37. The lowest BCUT2D eigenvalue weighted by Crippen LogP contribution is -2.30. The lowest BCUT2D eigenvalue weighted by molar-refractivity contribution is -0.118. The third-order valence-corrected chi connectivity index (χ3v) is 6.56. The molecule has 0 aliphatic rings. The van der Waals surface area contributed by atoms with E-state index in [0.29, 0.717) is 5.69 Å². The Labute approximate surface area is 185 Å². The Hall–Kier alpha value is -3.10. The summed E-state index contributed by atoms with van der Waals surface area (Å²) in [6, 6.07) is 18.4. The number of benzene rings is 3. The van der Waals surface area contributed by atoms with Crippen LogP contribution in [0, 0.1) is 5.82 Å². The van der Waals surface area contributed by atoms with Gasteiger partial charge in [0.1, 0.15) is 0 Å². The minimum Gasteiger partial charge on any atom is -0.481 e. The largest absolute Gasteiger partial charge is 0.481 e. The van der Waals surface area contributed by atoms with Gasteiger partial charge in [-0.25, -0.2) is 12.8 Å². The third kappa shape index (κ3) is 5.34. The van der Waals surface area contributed by atoms with Gasteiger partial charge in [-0.3, -0.25) is 9.10 Å². The summed E-state index contributed by atoms with van der Waals surface area (Å²) in [5.41, 5.74) is 0.623. The number of carbonyl (C=O) groups excluding carboxylic acids is 1. The average molecular weight is 463 g/mol. The summed E-state index contributed by atoms with van der Waals surface area (Å²) in [6.07, 6.45) is 0. The molecule has 0 fully saturated rings. The van der Waals surface area contributed by atoms with Gasteiger partial charge in [0.2, 0.25) is 0 Å². The van der Waals surface area contributed by atoms with E-state index in [1.165, 1.54) is 40.7 Å². The van der Waals surface area contributed by atoms with Crippen LogP contribution in [0.25, 0.3) is 0 Å². The van der Waals surface area contributed by atoms with Crippen molar-refractivity contribution in [2.45, 2.75) is 11.8 Å². The number of hydrogen-bond acceptors (Lipinski definition) is 4. The topological polar surface area (TPSA) is 75.7 Å². The van der Waals surface area contributed by atoms with Crippen molar-refractivity contribution < 1.29 is 22.3 Å². The van der Waals surface area contributed by atoms with Crippen molar-refractivity contribution in [1.82, 2.24) is 0 Å². The van der Waals surface area contributed by atoms with Crippen LogP contribution in [-0.2, 0) is 14.8 Å². The fourth-order valence-corrected chi connectivity index (χ4v) is 4.53. The Morgan fingerprint density at radius 1 is 1.06 bits per heavy atom. The lowest BCUT2D eigenvalue weighted by Gasteiger charge is -2.23. The molecular formula is C22H20ClFN2O4S. The maximum absolute atomic E-state index is 13.6. The molecule has 1 amide bonds. The number of ether oxygens (including phenoxy) is 1. The van der Waals surface area contributed by atoms with Gasteiger partial charge >= 0.3 is 0 Å². The smallest absolute Gasteiger partial charge is 0.264 e. The molecule has 0 spiro atoms. The number of anilines is 2. The molecule has 6 nitrogen and oxygen atoms in total. The van der Waals surface area contributed by atoms with Crippen LogP contribution in [0.5, 0.6) is 5.75 Å². The van der Waals surface area contributed by atoms with E-state index in [0.717, 1.165) is 0 Å². The van der Waals surface area contributed by atoms with E-state index < -0.39 is 28.4 Å². The van der Waals surface area contributed by atoms with E-state index >= 15 is 0 Å². The Bertz CT molecular complexity index is 1170. The van der Waals surface area contributed by atoms with E-state index in [2.05, 4.69) is 5.32 Å². The molecule has 3 rings (SSSR count). The first kappa shape index (κ1) is 22.6. The first-order valence-corrected chi connectivity index (χ1v) is 11.2. The number of rotatable bonds is 8. The number of para-hydroxylation sites is 2. The molecule has 162 valence electrons. The van der Waals surface area contributed by atoms with Gasteiger partial charge in [0, 0.05) is 6.54 Å². The molecule has 31 heavy (non-hydrogen) atoms. The zero-order valence-electron chi connectivity index (χ0n) is 16.6. The van der Waals surface area contributed by atoms with Gasteiger partial charge in [-0.2, -0.15) is 0 Å². The van der Waals surface area contributed by atoms with Crippen LogP contribution in [0.4, 0.5) is 15.8 Å². The van der Waals surface area contributed by atoms with Crippen LogP contribution < -0.4 is 14.4 Å². The summed E-state index contributed by atoms with van der Waals surface area (Å²) in [5.74, 6) is -1.28. The predicted octanol–water partition coefficient (Wildman–Crippen LogP) is 4.71. The van der Waals surface area contributed by atoms with E-state index in [4.69, 9.17) is 16.3 Å². The highest BCUT2D eigenvalue weighted by Crippen LogP contribution is 2.29. The van der Waals surface area contributed by atoms with Crippen molar-refractivity contribution >= 4 is 38.9 Å². The van der Waals surface area contributed by atoms with Gasteiger partial charge in [-0.05, 0) is 49.4 Å². The number of amides is 1. The molecule has 0 unspecified atom stereocenters. The van der Waals surface area contributed by atoms with Crippen molar-refractivity contribution in [2.75, 3.05) is 22.8 Å². The highest BCUT2D eigenvalue weighted by Gasteiger charge is 2.24. The van der Waals surface area contributed by atoms with E-state index in [1.54, 1.807) is 43.3 Å². The first-order chi connectivity index (χ1) is 14.8. The van der Waals surface area contributed by atoms with Crippen molar-refractivity contribution in [3.05, 3.63) is 83.6 Å². The molecule has 0 saturated heterocycles. The molecule has 0 aliphatic carbocycles. The van der Waals surface area contributed by atoms with Gasteiger partial charge in [-0.15, -0.1) is 0 Å². The number of nitrogens with zero attached hydrogens (tertiary/aromatic N) is 1. The van der Waals surface area contributed by atoms with E-state index in [-0.39, 0.29) is 27.9 Å². The molecule has 0 aromatic heterocycles. The normalized spacial score (nSPS) is 11.1. The highest BCUT2D eigenvalue weighted by molar-refractivity contribution is 7.92. The second-order valence-corrected chi connectivity index (χ2v) is 8.68. The minimum atomic E-state index is -3.90. The second-order valence-electron chi connectivity index (χ2n) is 6.41. The van der Waals surface area contributed by atoms with Crippen molar-refractivity contribution in [3.63, 3.8) is 0 Å². The minimum absolute atomic E-state index is 0.0343. The Balaban J connectivity index is 1.79. The molecule has 0 bridgehead atoms. The summed E-state index contributed by atoms with van der Waals surface area (Å²) in [6.45, 7) is 1.47. The molecule has 1 N–H and O–H groups in total. The Morgan fingerprint density at radius 2 is 1.74 bits per heavy atom. The molecule has 0 aliphatic heterocycles. The average Bonchev–Trinajstić information content (AvgIpc) is 2.75. The monoisotopic (exact) mass is 462 g/mol. The molecule has 9 heteroatoms. The quantitative estimate of drug-likeness (QED) is 0.526. The molecule has 0 radical (unpaired) electrons. The summed E-state index contributed by atoms with van der Waals surface area (Å²) in [4.78, 5) is 12.2. The number of sulfonamides is 1. The van der Waals surface area contributed by atoms with Gasteiger partial charge in [0.15, 0.2) is 18.2 Å². The lowest BCUT2D eigenvalue weighted by atomic mass is 10.3. The molecule has 0 heterocycles. The van der Waals surface area contributed by atoms with Crippen molar-refractivity contribution in [3.8, 4) is 5.75 Å². The summed E-state index contributed by atoms with van der Waals surface area (Å²) in [7, 11) is -3.90. The van der Waals surface area contributed by atoms with Crippen molar-refractivity contribution in [1.29, 1.82) is 0 Å². The molecule has 3 aromatic rings. The number of nitrogens with one attached hydrogen (secondary N) is 1. The van der Waals surface area contributed by atoms with Crippen LogP contribution >= 0.6 is 11.6 Å². The number of halogens is 2. The van der Waals surface area contributed by atoms with Crippen LogP contribution in [0.1, 0.15) is 6.92 Å². The number of carbonyl (C=O) groups is 1. The van der Waals surface area contributed by atoms with E-state index in [1.807, 2.05) is 0 Å². The van der Waals surface area contributed by atoms with Crippen LogP contribution in [0.2, 0.25) is 5.02 Å².